The van der Waals surface area contributed by atoms with Crippen LogP contribution in [0.3, 0.4) is 0 Å². The first-order valence-corrected chi connectivity index (χ1v) is 6.01. The molecule has 0 spiro atoms. The number of carbonyl (C=O) groups excluding carboxylic acids is 1. The highest BCUT2D eigenvalue weighted by atomic mass is 16.5. The summed E-state index contributed by atoms with van der Waals surface area (Å²) in [4.78, 5) is 12.1. The van der Waals surface area contributed by atoms with Gasteiger partial charge in [-0.15, -0.1) is 0 Å². The lowest BCUT2D eigenvalue weighted by Gasteiger charge is -2.36. The van der Waals surface area contributed by atoms with Crippen molar-refractivity contribution in [3.8, 4) is 6.07 Å². The first-order chi connectivity index (χ1) is 9.14. The van der Waals surface area contributed by atoms with Crippen molar-refractivity contribution in [2.45, 2.75) is 18.9 Å². The molecule has 96 valence electrons. The van der Waals surface area contributed by atoms with E-state index in [2.05, 4.69) is 5.32 Å². The molecule has 5 heteroatoms. The van der Waals surface area contributed by atoms with Gasteiger partial charge in [-0.1, -0.05) is 12.1 Å². The molecule has 1 aliphatic heterocycles. The molecule has 1 atom stereocenters. The van der Waals surface area contributed by atoms with Crippen LogP contribution < -0.4 is 5.32 Å². The summed E-state index contributed by atoms with van der Waals surface area (Å²) in [5.41, 5.74) is 0.194. The predicted octanol–water partition coefficient (Wildman–Crippen LogP) is 2.42. The Labute approximate surface area is 109 Å². The molecular weight excluding hydrogens is 244 g/mol. The number of furan rings is 1. The van der Waals surface area contributed by atoms with E-state index in [4.69, 9.17) is 14.4 Å². The second kappa shape index (κ2) is 4.11. The number of nitrogens with zero attached hydrogens (tertiary/aromatic N) is 1. The summed E-state index contributed by atoms with van der Waals surface area (Å²) in [7, 11) is 0. The summed E-state index contributed by atoms with van der Waals surface area (Å²) in [6.07, 6.45) is 0.677. The van der Waals surface area contributed by atoms with Crippen LogP contribution in [0, 0.1) is 11.3 Å². The molecule has 1 N–H and O–H groups in total. The van der Waals surface area contributed by atoms with Crippen molar-refractivity contribution in [3.63, 3.8) is 0 Å². The topological polar surface area (TPSA) is 75.3 Å². The molecule has 1 amide bonds. The molecule has 0 bridgehead atoms. The fourth-order valence-electron chi connectivity index (χ4n) is 2.08. The van der Waals surface area contributed by atoms with E-state index in [1.54, 1.807) is 19.1 Å². The molecule has 1 aromatic heterocycles. The zero-order valence-corrected chi connectivity index (χ0v) is 10.4. The minimum Gasteiger partial charge on any atom is -0.443 e. The molecule has 1 saturated heterocycles. The van der Waals surface area contributed by atoms with Gasteiger partial charge < -0.3 is 14.5 Å². The number of nitriles is 1. The summed E-state index contributed by atoms with van der Waals surface area (Å²) in [6.45, 7) is 2.32. The fourth-order valence-corrected chi connectivity index (χ4v) is 2.08. The van der Waals surface area contributed by atoms with E-state index in [0.717, 1.165) is 5.39 Å². The third-order valence-electron chi connectivity index (χ3n) is 3.42. The Bertz CT molecular complexity index is 692. The number of benzene rings is 1. The molecular formula is C14H12N2O3. The number of ether oxygens (including phenoxy) is 1. The Hall–Kier alpha value is -2.32. The molecule has 0 saturated carbocycles. The molecule has 0 radical (unpaired) electrons. The highest BCUT2D eigenvalue weighted by molar-refractivity contribution is 6.05. The van der Waals surface area contributed by atoms with E-state index < -0.39 is 5.60 Å². The van der Waals surface area contributed by atoms with Crippen molar-refractivity contribution >= 4 is 22.6 Å². The van der Waals surface area contributed by atoms with Crippen LogP contribution in [0.2, 0.25) is 0 Å². The minimum atomic E-state index is -0.800. The van der Waals surface area contributed by atoms with Gasteiger partial charge in [-0.25, -0.2) is 0 Å². The van der Waals surface area contributed by atoms with Gasteiger partial charge in [-0.2, -0.15) is 5.26 Å². The number of fused-ring (bicyclic) bond motifs is 1. The number of para-hydroxylation sites is 1. The smallest absolute Gasteiger partial charge is 0.256 e. The van der Waals surface area contributed by atoms with Crippen molar-refractivity contribution in [2.75, 3.05) is 11.9 Å². The van der Waals surface area contributed by atoms with Gasteiger partial charge in [0.25, 0.3) is 5.91 Å². The Balaban J connectivity index is 2.00. The van der Waals surface area contributed by atoms with E-state index >= 15 is 0 Å². The number of hydrogen-bond acceptors (Lipinski definition) is 4. The molecule has 1 aromatic carbocycles. The van der Waals surface area contributed by atoms with Crippen molar-refractivity contribution in [3.05, 3.63) is 30.0 Å². The molecule has 1 aliphatic rings. The van der Waals surface area contributed by atoms with Gasteiger partial charge in [0.05, 0.1) is 6.61 Å². The number of amides is 1. The van der Waals surface area contributed by atoms with Gasteiger partial charge in [0.15, 0.2) is 0 Å². The van der Waals surface area contributed by atoms with Crippen LogP contribution in [0.25, 0.3) is 11.0 Å². The number of nitrogens with one attached hydrogen (secondary N) is 1. The van der Waals surface area contributed by atoms with E-state index in [-0.39, 0.29) is 11.7 Å². The summed E-state index contributed by atoms with van der Waals surface area (Å²) in [5, 5.41) is 12.5. The van der Waals surface area contributed by atoms with E-state index in [0.29, 0.717) is 24.3 Å². The normalized spacial score (nSPS) is 21.7. The van der Waals surface area contributed by atoms with Gasteiger partial charge in [-0.3, -0.25) is 4.79 Å². The Morgan fingerprint density at radius 1 is 1.47 bits per heavy atom. The van der Waals surface area contributed by atoms with Crippen LogP contribution in [0.4, 0.5) is 5.69 Å². The largest absolute Gasteiger partial charge is 0.443 e. The summed E-state index contributed by atoms with van der Waals surface area (Å²) in [5.74, 6) is -0.140. The zero-order chi connectivity index (χ0) is 13.5. The molecule has 0 aliphatic carbocycles. The highest BCUT2D eigenvalue weighted by Gasteiger charge is 2.41. The molecule has 1 unspecified atom stereocenters. The number of rotatable bonds is 2. The van der Waals surface area contributed by atoms with Crippen LogP contribution in [-0.4, -0.2) is 18.1 Å². The van der Waals surface area contributed by atoms with Crippen molar-refractivity contribution in [1.29, 1.82) is 5.26 Å². The quantitative estimate of drug-likeness (QED) is 0.895. The maximum absolute atomic E-state index is 12.1. The third-order valence-corrected chi connectivity index (χ3v) is 3.42. The second-order valence-corrected chi connectivity index (χ2v) is 4.70. The van der Waals surface area contributed by atoms with Crippen molar-refractivity contribution in [2.24, 2.45) is 0 Å². The minimum absolute atomic E-state index is 0.109. The van der Waals surface area contributed by atoms with Gasteiger partial charge in [-0.05, 0) is 19.1 Å². The Morgan fingerprint density at radius 3 is 2.84 bits per heavy atom. The predicted molar refractivity (Wildman–Crippen MR) is 68.5 cm³/mol. The van der Waals surface area contributed by atoms with Gasteiger partial charge in [0.2, 0.25) is 5.76 Å². The average molecular weight is 256 g/mol. The van der Waals surface area contributed by atoms with Crippen LogP contribution in [0.15, 0.2) is 28.7 Å². The lowest BCUT2D eigenvalue weighted by Crippen LogP contribution is -2.50. The monoisotopic (exact) mass is 256 g/mol. The Kier molecular flexibility index (Phi) is 2.54. The van der Waals surface area contributed by atoms with Crippen LogP contribution >= 0.6 is 0 Å². The first kappa shape index (κ1) is 11.8. The number of anilines is 1. The molecule has 3 rings (SSSR count). The van der Waals surface area contributed by atoms with Gasteiger partial charge in [0, 0.05) is 11.8 Å². The molecule has 19 heavy (non-hydrogen) atoms. The Morgan fingerprint density at radius 2 is 2.21 bits per heavy atom. The van der Waals surface area contributed by atoms with E-state index in [1.165, 1.54) is 0 Å². The van der Waals surface area contributed by atoms with Gasteiger partial charge in [0.1, 0.15) is 22.9 Å². The standard InChI is InChI=1S/C14H12N2O3/c1-14(6-7-18-14)13(17)16-12-9-4-2-3-5-10(9)19-11(12)8-15/h2-5H,6-7H2,1H3,(H,16,17). The third kappa shape index (κ3) is 1.77. The van der Waals surface area contributed by atoms with Gasteiger partial charge >= 0.3 is 0 Å². The number of hydrogen-bond donors (Lipinski definition) is 1. The highest BCUT2D eigenvalue weighted by Crippen LogP contribution is 2.33. The second-order valence-electron chi connectivity index (χ2n) is 4.70. The molecule has 2 heterocycles. The van der Waals surface area contributed by atoms with E-state index in [9.17, 15) is 4.79 Å². The van der Waals surface area contributed by atoms with Crippen molar-refractivity contribution < 1.29 is 13.9 Å². The summed E-state index contributed by atoms with van der Waals surface area (Å²) < 4.78 is 10.7. The maximum Gasteiger partial charge on any atom is 0.256 e. The van der Waals surface area contributed by atoms with Crippen LogP contribution in [0.1, 0.15) is 19.1 Å². The van der Waals surface area contributed by atoms with E-state index in [1.807, 2.05) is 18.2 Å². The van der Waals surface area contributed by atoms with Crippen LogP contribution in [0.5, 0.6) is 0 Å². The lowest BCUT2D eigenvalue weighted by molar-refractivity contribution is -0.165. The molecule has 1 fully saturated rings. The summed E-state index contributed by atoms with van der Waals surface area (Å²) in [6, 6.07) is 9.16. The fraction of sp³-hybridized carbons (Fsp3) is 0.286. The van der Waals surface area contributed by atoms with Crippen LogP contribution in [-0.2, 0) is 9.53 Å². The zero-order valence-electron chi connectivity index (χ0n) is 10.4. The first-order valence-electron chi connectivity index (χ1n) is 6.01. The molecule has 5 nitrogen and oxygen atoms in total. The van der Waals surface area contributed by atoms with Crippen molar-refractivity contribution in [1.82, 2.24) is 0 Å². The molecule has 2 aromatic rings. The average Bonchev–Trinajstić information content (AvgIpc) is 2.74. The summed E-state index contributed by atoms with van der Waals surface area (Å²) >= 11 is 0. The number of carbonyl (C=O) groups is 1. The SMILES string of the molecule is CC1(C(=O)Nc2c(C#N)oc3ccccc23)CCO1. The maximum atomic E-state index is 12.1. The lowest BCUT2D eigenvalue weighted by atomic mass is 9.96.